The zero-order valence-electron chi connectivity index (χ0n) is 11.8. The maximum atomic E-state index is 10.9. The number of aromatic nitrogens is 2. The Morgan fingerprint density at radius 3 is 2.80 bits per heavy atom. The largest absolute Gasteiger partial charge is 0.470 e. The fourth-order valence-corrected chi connectivity index (χ4v) is 1.38. The van der Waals surface area contributed by atoms with Crippen molar-refractivity contribution in [1.82, 2.24) is 9.97 Å². The first-order valence-electron chi connectivity index (χ1n) is 6.64. The summed E-state index contributed by atoms with van der Waals surface area (Å²) < 4.78 is 10.6. The van der Waals surface area contributed by atoms with Crippen LogP contribution in [0.4, 0.5) is 11.6 Å². The Hall–Kier alpha value is -1.96. The van der Waals surface area contributed by atoms with Crippen LogP contribution in [0, 0.1) is 10.1 Å². The highest BCUT2D eigenvalue weighted by molar-refractivity contribution is 5.43. The molecule has 1 aromatic rings. The summed E-state index contributed by atoms with van der Waals surface area (Å²) in [6.45, 7) is 5.83. The van der Waals surface area contributed by atoms with Gasteiger partial charge in [0.1, 0.15) is 12.8 Å². The van der Waals surface area contributed by atoms with E-state index in [4.69, 9.17) is 9.47 Å². The van der Waals surface area contributed by atoms with Crippen molar-refractivity contribution >= 4 is 11.6 Å². The van der Waals surface area contributed by atoms with Crippen molar-refractivity contribution in [2.75, 3.05) is 31.7 Å². The van der Waals surface area contributed by atoms with Gasteiger partial charge in [-0.2, -0.15) is 4.98 Å². The van der Waals surface area contributed by atoms with Gasteiger partial charge < -0.3 is 14.8 Å². The number of nitrogens with one attached hydrogen (secondary N) is 1. The van der Waals surface area contributed by atoms with Gasteiger partial charge in [0, 0.05) is 13.2 Å². The summed E-state index contributed by atoms with van der Waals surface area (Å²) in [5, 5.41) is 13.7. The second-order valence-electron chi connectivity index (χ2n) is 3.99. The molecule has 112 valence electrons. The molecule has 0 atom stereocenters. The van der Waals surface area contributed by atoms with E-state index >= 15 is 0 Å². The number of unbranched alkanes of at least 4 members (excludes halogenated alkanes) is 1. The SMILES string of the molecule is CCCCOCCOc1nc(NCC)ncc1[N+](=O)[O-]. The smallest absolute Gasteiger partial charge is 0.349 e. The first kappa shape index (κ1) is 16.1. The second-order valence-corrected chi connectivity index (χ2v) is 3.99. The fourth-order valence-electron chi connectivity index (χ4n) is 1.38. The number of rotatable bonds is 10. The van der Waals surface area contributed by atoms with Crippen molar-refractivity contribution < 1.29 is 14.4 Å². The number of hydrogen-bond donors (Lipinski definition) is 1. The van der Waals surface area contributed by atoms with E-state index in [1.807, 2.05) is 6.92 Å². The van der Waals surface area contributed by atoms with Crippen LogP contribution in [-0.2, 0) is 4.74 Å². The van der Waals surface area contributed by atoms with Gasteiger partial charge in [0.05, 0.1) is 11.5 Å². The molecule has 20 heavy (non-hydrogen) atoms. The van der Waals surface area contributed by atoms with E-state index in [-0.39, 0.29) is 18.2 Å². The summed E-state index contributed by atoms with van der Waals surface area (Å²) in [5.41, 5.74) is -0.250. The Balaban J connectivity index is 2.56. The average molecular weight is 284 g/mol. The normalized spacial score (nSPS) is 10.3. The lowest BCUT2D eigenvalue weighted by molar-refractivity contribution is -0.386. The number of hydrogen-bond acceptors (Lipinski definition) is 7. The van der Waals surface area contributed by atoms with Gasteiger partial charge in [0.25, 0.3) is 5.88 Å². The summed E-state index contributed by atoms with van der Waals surface area (Å²) in [6, 6.07) is 0. The van der Waals surface area contributed by atoms with Gasteiger partial charge in [-0.1, -0.05) is 13.3 Å². The van der Waals surface area contributed by atoms with Crippen LogP contribution in [0.3, 0.4) is 0 Å². The molecule has 1 rings (SSSR count). The standard InChI is InChI=1S/C12H20N4O4/c1-3-5-6-19-7-8-20-11-10(16(17)18)9-14-12(15-11)13-4-2/h9H,3-8H2,1-2H3,(H,13,14,15). The maximum Gasteiger partial charge on any atom is 0.349 e. The first-order valence-corrected chi connectivity index (χ1v) is 6.64. The van der Waals surface area contributed by atoms with Crippen molar-refractivity contribution in [3.63, 3.8) is 0 Å². The highest BCUT2D eigenvalue weighted by Gasteiger charge is 2.18. The molecule has 0 radical (unpaired) electrons. The molecule has 1 heterocycles. The van der Waals surface area contributed by atoms with Gasteiger partial charge in [0.2, 0.25) is 5.95 Å². The second kappa shape index (κ2) is 9.03. The van der Waals surface area contributed by atoms with Crippen LogP contribution in [0.2, 0.25) is 0 Å². The van der Waals surface area contributed by atoms with Gasteiger partial charge >= 0.3 is 5.69 Å². The van der Waals surface area contributed by atoms with Crippen LogP contribution < -0.4 is 10.1 Å². The maximum absolute atomic E-state index is 10.9. The lowest BCUT2D eigenvalue weighted by atomic mass is 10.4. The molecule has 0 spiro atoms. The Morgan fingerprint density at radius 2 is 2.15 bits per heavy atom. The van der Waals surface area contributed by atoms with E-state index in [9.17, 15) is 10.1 Å². The average Bonchev–Trinajstić information content (AvgIpc) is 2.43. The highest BCUT2D eigenvalue weighted by Crippen LogP contribution is 2.24. The predicted molar refractivity (Wildman–Crippen MR) is 74.1 cm³/mol. The van der Waals surface area contributed by atoms with Crippen LogP contribution in [-0.4, -0.2) is 41.3 Å². The van der Waals surface area contributed by atoms with Crippen molar-refractivity contribution in [1.29, 1.82) is 0 Å². The summed E-state index contributed by atoms with van der Waals surface area (Å²) in [7, 11) is 0. The fraction of sp³-hybridized carbons (Fsp3) is 0.667. The molecule has 8 heteroatoms. The lowest BCUT2D eigenvalue weighted by Gasteiger charge is -2.08. The van der Waals surface area contributed by atoms with Crippen LogP contribution in [0.1, 0.15) is 26.7 Å². The number of nitro groups is 1. The minimum Gasteiger partial charge on any atom is -0.470 e. The molecule has 0 bridgehead atoms. The molecule has 0 aliphatic carbocycles. The number of ether oxygens (including phenoxy) is 2. The highest BCUT2D eigenvalue weighted by atomic mass is 16.6. The lowest BCUT2D eigenvalue weighted by Crippen LogP contribution is -2.11. The molecule has 8 nitrogen and oxygen atoms in total. The van der Waals surface area contributed by atoms with E-state index in [2.05, 4.69) is 22.2 Å². The molecule has 0 saturated heterocycles. The van der Waals surface area contributed by atoms with Gasteiger partial charge in [-0.05, 0) is 13.3 Å². The molecule has 0 aliphatic heterocycles. The van der Waals surface area contributed by atoms with Crippen molar-refractivity contribution in [3.05, 3.63) is 16.3 Å². The summed E-state index contributed by atoms with van der Waals surface area (Å²) >= 11 is 0. The Labute approximate surface area is 117 Å². The monoisotopic (exact) mass is 284 g/mol. The summed E-state index contributed by atoms with van der Waals surface area (Å²) in [6.07, 6.45) is 3.18. The van der Waals surface area contributed by atoms with Crippen LogP contribution in [0.25, 0.3) is 0 Å². The third kappa shape index (κ3) is 5.35. The minimum atomic E-state index is -0.566. The van der Waals surface area contributed by atoms with Gasteiger partial charge in [0.15, 0.2) is 0 Å². The molecule has 0 unspecified atom stereocenters. The molecule has 0 saturated carbocycles. The van der Waals surface area contributed by atoms with Crippen molar-refractivity contribution in [3.8, 4) is 5.88 Å². The molecular formula is C12H20N4O4. The first-order chi connectivity index (χ1) is 9.69. The van der Waals surface area contributed by atoms with E-state index in [1.165, 1.54) is 0 Å². The van der Waals surface area contributed by atoms with Gasteiger partial charge in [-0.15, -0.1) is 0 Å². The van der Waals surface area contributed by atoms with Crippen LogP contribution in [0.15, 0.2) is 6.20 Å². The molecule has 0 aromatic carbocycles. The molecule has 1 aromatic heterocycles. The zero-order valence-corrected chi connectivity index (χ0v) is 11.8. The van der Waals surface area contributed by atoms with E-state index in [1.54, 1.807) is 0 Å². The van der Waals surface area contributed by atoms with E-state index < -0.39 is 4.92 Å². The quantitative estimate of drug-likeness (QED) is 0.398. The van der Waals surface area contributed by atoms with Crippen molar-refractivity contribution in [2.24, 2.45) is 0 Å². The number of anilines is 1. The topological polar surface area (TPSA) is 99.4 Å². The zero-order chi connectivity index (χ0) is 14.8. The summed E-state index contributed by atoms with van der Waals surface area (Å²) in [5.74, 6) is 0.264. The molecule has 0 amide bonds. The molecular weight excluding hydrogens is 264 g/mol. The van der Waals surface area contributed by atoms with Gasteiger partial charge in [-0.3, -0.25) is 10.1 Å². The third-order valence-corrected chi connectivity index (χ3v) is 2.38. The van der Waals surface area contributed by atoms with E-state index in [0.717, 1.165) is 19.0 Å². The Morgan fingerprint density at radius 1 is 1.35 bits per heavy atom. The molecule has 0 fully saturated rings. The third-order valence-electron chi connectivity index (χ3n) is 2.38. The predicted octanol–water partition coefficient (Wildman–Crippen LogP) is 2.01. The Bertz CT molecular complexity index is 428. The number of nitrogens with zero attached hydrogens (tertiary/aromatic N) is 3. The van der Waals surface area contributed by atoms with Crippen LogP contribution >= 0.6 is 0 Å². The van der Waals surface area contributed by atoms with Gasteiger partial charge in [-0.25, -0.2) is 4.98 Å². The van der Waals surface area contributed by atoms with E-state index in [0.29, 0.717) is 25.7 Å². The van der Waals surface area contributed by atoms with Crippen LogP contribution in [0.5, 0.6) is 5.88 Å². The summed E-state index contributed by atoms with van der Waals surface area (Å²) in [4.78, 5) is 18.1. The molecule has 1 N–H and O–H groups in total. The molecule has 0 aliphatic rings. The minimum absolute atomic E-state index is 0.0416. The Kier molecular flexibility index (Phi) is 7.26. The van der Waals surface area contributed by atoms with Crippen molar-refractivity contribution in [2.45, 2.75) is 26.7 Å².